The molecule has 0 aliphatic carbocycles. The molecule has 2 amide bonds. The van der Waals surface area contributed by atoms with Crippen LogP contribution in [0.15, 0.2) is 70.8 Å². The third kappa shape index (κ3) is 6.92. The molecule has 1 N–H and O–H groups in total. The Labute approximate surface area is 245 Å². The standard InChI is InChI=1S/C30H30F3N5O3S/c1-28(2,3)41-27(40)38-14-12-29(13-15-38)36-25(19-8-10-21(11-9-19)30(31,32)33)26(37-29)42-18-24(39)35-22-16-20-6-4-5-7-23(20)34-17-22/h4-11,16-17H,12-15,18H2,1-3H3,(H,35,39). The van der Waals surface area contributed by atoms with Gasteiger partial charge in [-0.1, -0.05) is 42.1 Å². The number of anilines is 1. The zero-order chi connectivity index (χ0) is 30.1. The van der Waals surface area contributed by atoms with Gasteiger partial charge in [0.1, 0.15) is 10.6 Å². The van der Waals surface area contributed by atoms with Gasteiger partial charge in [-0.15, -0.1) is 0 Å². The molecule has 1 spiro atoms. The number of benzene rings is 2. The number of hydrogen-bond acceptors (Lipinski definition) is 7. The van der Waals surface area contributed by atoms with Crippen molar-refractivity contribution in [2.24, 2.45) is 9.98 Å². The number of rotatable bonds is 4. The van der Waals surface area contributed by atoms with Crippen LogP contribution in [0, 0.1) is 0 Å². The van der Waals surface area contributed by atoms with Crippen LogP contribution in [-0.2, 0) is 15.7 Å². The Morgan fingerprint density at radius 2 is 1.71 bits per heavy atom. The fraction of sp³-hybridized carbons (Fsp3) is 0.367. The molecule has 0 unspecified atom stereocenters. The highest BCUT2D eigenvalue weighted by Gasteiger charge is 2.41. The molecule has 0 atom stereocenters. The van der Waals surface area contributed by atoms with Crippen LogP contribution in [0.25, 0.3) is 10.9 Å². The minimum absolute atomic E-state index is 0.00539. The first kappa shape index (κ1) is 29.6. The van der Waals surface area contributed by atoms with Crippen LogP contribution in [0.5, 0.6) is 0 Å². The zero-order valence-corrected chi connectivity index (χ0v) is 24.2. The maximum absolute atomic E-state index is 13.2. The molecule has 2 aliphatic rings. The maximum Gasteiger partial charge on any atom is 0.416 e. The van der Waals surface area contributed by atoms with Gasteiger partial charge in [-0.3, -0.25) is 14.8 Å². The van der Waals surface area contributed by atoms with Crippen LogP contribution in [0.3, 0.4) is 0 Å². The number of likely N-dealkylation sites (tertiary alicyclic amines) is 1. The number of ether oxygens (including phenoxy) is 1. The van der Waals surface area contributed by atoms with Crippen molar-refractivity contribution >= 4 is 51.1 Å². The van der Waals surface area contributed by atoms with Gasteiger partial charge in [-0.2, -0.15) is 13.2 Å². The van der Waals surface area contributed by atoms with Crippen molar-refractivity contribution in [1.29, 1.82) is 0 Å². The molecule has 3 heterocycles. The van der Waals surface area contributed by atoms with Crippen molar-refractivity contribution in [1.82, 2.24) is 9.88 Å². The summed E-state index contributed by atoms with van der Waals surface area (Å²) in [4.78, 5) is 41.2. The zero-order valence-electron chi connectivity index (χ0n) is 23.4. The van der Waals surface area contributed by atoms with Gasteiger partial charge < -0.3 is 15.0 Å². The Kier molecular flexibility index (Phi) is 8.02. The molecule has 0 saturated carbocycles. The second-order valence-corrected chi connectivity index (χ2v) is 12.1. The van der Waals surface area contributed by atoms with E-state index < -0.39 is 29.1 Å². The van der Waals surface area contributed by atoms with E-state index in [0.29, 0.717) is 47.9 Å². The van der Waals surface area contributed by atoms with Crippen molar-refractivity contribution in [2.75, 3.05) is 24.2 Å². The summed E-state index contributed by atoms with van der Waals surface area (Å²) in [6, 6.07) is 14.1. The molecule has 8 nitrogen and oxygen atoms in total. The number of aromatic nitrogens is 1. The van der Waals surface area contributed by atoms with E-state index in [1.807, 2.05) is 30.3 Å². The van der Waals surface area contributed by atoms with Crippen molar-refractivity contribution in [3.8, 4) is 0 Å². The topological polar surface area (TPSA) is 96.2 Å². The van der Waals surface area contributed by atoms with E-state index in [9.17, 15) is 22.8 Å². The average molecular weight is 598 g/mol. The van der Waals surface area contributed by atoms with Crippen LogP contribution in [0.2, 0.25) is 0 Å². The first-order valence-electron chi connectivity index (χ1n) is 13.4. The number of carbonyl (C=O) groups excluding carboxylic acids is 2. The first-order valence-corrected chi connectivity index (χ1v) is 14.4. The lowest BCUT2D eigenvalue weighted by Crippen LogP contribution is -2.46. The highest BCUT2D eigenvalue weighted by Crippen LogP contribution is 2.37. The molecule has 0 bridgehead atoms. The minimum Gasteiger partial charge on any atom is -0.444 e. The van der Waals surface area contributed by atoms with E-state index in [-0.39, 0.29) is 11.7 Å². The van der Waals surface area contributed by atoms with E-state index in [4.69, 9.17) is 14.7 Å². The van der Waals surface area contributed by atoms with Gasteiger partial charge in [0.15, 0.2) is 5.66 Å². The molecule has 220 valence electrons. The van der Waals surface area contributed by atoms with Crippen LogP contribution >= 0.6 is 11.8 Å². The summed E-state index contributed by atoms with van der Waals surface area (Å²) in [6.07, 6.45) is -2.47. The van der Waals surface area contributed by atoms with E-state index >= 15 is 0 Å². The molecule has 0 radical (unpaired) electrons. The molecule has 1 aromatic heterocycles. The minimum atomic E-state index is -4.47. The first-order chi connectivity index (χ1) is 19.8. The summed E-state index contributed by atoms with van der Waals surface area (Å²) in [6.45, 7) is 6.11. The molecule has 3 aromatic rings. The number of carbonyl (C=O) groups is 2. The van der Waals surface area contributed by atoms with Crippen molar-refractivity contribution < 1.29 is 27.5 Å². The lowest BCUT2D eigenvalue weighted by atomic mass is 9.99. The third-order valence-electron chi connectivity index (χ3n) is 6.75. The lowest BCUT2D eigenvalue weighted by Gasteiger charge is -2.36. The molecule has 12 heteroatoms. The Hall–Kier alpha value is -3.93. The van der Waals surface area contributed by atoms with Gasteiger partial charge in [0, 0.05) is 36.9 Å². The normalized spacial score (nSPS) is 16.8. The number of aliphatic imine (C=N–C) groups is 2. The number of amides is 2. The van der Waals surface area contributed by atoms with Crippen molar-refractivity contribution in [3.05, 3.63) is 71.9 Å². The number of alkyl halides is 3. The van der Waals surface area contributed by atoms with Crippen molar-refractivity contribution in [2.45, 2.75) is 51.1 Å². The smallest absolute Gasteiger partial charge is 0.416 e. The van der Waals surface area contributed by atoms with E-state index in [2.05, 4.69) is 10.3 Å². The third-order valence-corrected chi connectivity index (χ3v) is 7.71. The predicted octanol–water partition coefficient (Wildman–Crippen LogP) is 6.55. The number of para-hydroxylation sites is 1. The maximum atomic E-state index is 13.2. The number of nitrogens with one attached hydrogen (secondary N) is 1. The second-order valence-electron chi connectivity index (χ2n) is 11.2. The number of fused-ring (bicyclic) bond motifs is 1. The number of halogens is 3. The summed E-state index contributed by atoms with van der Waals surface area (Å²) in [7, 11) is 0. The number of piperidine rings is 1. The number of pyridine rings is 1. The van der Waals surface area contributed by atoms with E-state index in [1.54, 1.807) is 31.9 Å². The average Bonchev–Trinajstić information content (AvgIpc) is 3.28. The van der Waals surface area contributed by atoms with Crippen LogP contribution < -0.4 is 5.32 Å². The molecule has 2 aliphatic heterocycles. The number of thioether (sulfide) groups is 1. The summed E-state index contributed by atoms with van der Waals surface area (Å²) in [5, 5.41) is 4.20. The molecule has 5 rings (SSSR count). The van der Waals surface area contributed by atoms with Gasteiger partial charge in [0.05, 0.1) is 34.4 Å². The van der Waals surface area contributed by atoms with Crippen LogP contribution in [0.4, 0.5) is 23.7 Å². The van der Waals surface area contributed by atoms with Gasteiger partial charge in [-0.05, 0) is 45.0 Å². The molecule has 2 aromatic carbocycles. The van der Waals surface area contributed by atoms with Crippen LogP contribution in [0.1, 0.15) is 44.7 Å². The fourth-order valence-electron chi connectivity index (χ4n) is 4.70. The van der Waals surface area contributed by atoms with E-state index in [0.717, 1.165) is 23.0 Å². The van der Waals surface area contributed by atoms with Gasteiger partial charge >= 0.3 is 12.3 Å². The van der Waals surface area contributed by atoms with Crippen LogP contribution in [-0.4, -0.2) is 62.7 Å². The van der Waals surface area contributed by atoms with E-state index in [1.165, 1.54) is 23.9 Å². The molecule has 1 fully saturated rings. The number of hydrogen-bond donors (Lipinski definition) is 1. The molecule has 42 heavy (non-hydrogen) atoms. The highest BCUT2D eigenvalue weighted by molar-refractivity contribution is 8.16. The predicted molar refractivity (Wildman–Crippen MR) is 158 cm³/mol. The highest BCUT2D eigenvalue weighted by atomic mass is 32.2. The molecular weight excluding hydrogens is 567 g/mol. The largest absolute Gasteiger partial charge is 0.444 e. The van der Waals surface area contributed by atoms with Gasteiger partial charge in [0.25, 0.3) is 0 Å². The van der Waals surface area contributed by atoms with Gasteiger partial charge in [-0.25, -0.2) is 9.79 Å². The quantitative estimate of drug-likeness (QED) is 0.368. The Bertz CT molecular complexity index is 1560. The lowest BCUT2D eigenvalue weighted by molar-refractivity contribution is -0.137. The summed E-state index contributed by atoms with van der Waals surface area (Å²) in [5.74, 6) is -0.280. The van der Waals surface area contributed by atoms with Gasteiger partial charge in [0.2, 0.25) is 5.91 Å². The molecule has 1 saturated heterocycles. The monoisotopic (exact) mass is 597 g/mol. The Balaban J connectivity index is 1.32. The fourth-order valence-corrected chi connectivity index (χ4v) is 5.57. The molecular formula is C30H30F3N5O3S. The summed E-state index contributed by atoms with van der Waals surface area (Å²) in [5.41, 5.74) is -0.00337. The Morgan fingerprint density at radius 1 is 1.02 bits per heavy atom. The van der Waals surface area contributed by atoms with Crippen molar-refractivity contribution in [3.63, 3.8) is 0 Å². The summed E-state index contributed by atoms with van der Waals surface area (Å²) < 4.78 is 45.1. The number of nitrogens with zero attached hydrogens (tertiary/aromatic N) is 4. The second kappa shape index (κ2) is 11.4. The summed E-state index contributed by atoms with van der Waals surface area (Å²) >= 11 is 1.17. The Morgan fingerprint density at radius 3 is 2.38 bits per heavy atom. The SMILES string of the molecule is CC(C)(C)OC(=O)N1CCC2(CC1)N=C(SCC(=O)Nc1cnc3ccccc3c1)C(c1ccc(C(F)(F)F)cc1)=N2.